The van der Waals surface area contributed by atoms with Crippen LogP contribution in [0.2, 0.25) is 0 Å². The van der Waals surface area contributed by atoms with Crippen LogP contribution in [0.1, 0.15) is 38.2 Å². The Balaban J connectivity index is 2.08. The SMILES string of the molecule is CCC1(Cc2ccc(F)cc2)CCCCN1. The predicted molar refractivity (Wildman–Crippen MR) is 65.0 cm³/mol. The fourth-order valence-electron chi connectivity index (χ4n) is 2.60. The molecule has 16 heavy (non-hydrogen) atoms. The lowest BCUT2D eigenvalue weighted by atomic mass is 9.81. The van der Waals surface area contributed by atoms with Crippen molar-refractivity contribution in [1.29, 1.82) is 0 Å². The molecule has 0 amide bonds. The number of benzene rings is 1. The zero-order valence-corrected chi connectivity index (χ0v) is 9.93. The first-order chi connectivity index (χ1) is 7.74. The third kappa shape index (κ3) is 2.62. The summed E-state index contributed by atoms with van der Waals surface area (Å²) in [5.41, 5.74) is 1.48. The average molecular weight is 221 g/mol. The van der Waals surface area contributed by atoms with Crippen LogP contribution >= 0.6 is 0 Å². The molecule has 1 aromatic rings. The highest BCUT2D eigenvalue weighted by atomic mass is 19.1. The lowest BCUT2D eigenvalue weighted by Crippen LogP contribution is -2.49. The van der Waals surface area contributed by atoms with Gasteiger partial charge in [-0.3, -0.25) is 0 Å². The van der Waals surface area contributed by atoms with Crippen molar-refractivity contribution in [2.75, 3.05) is 6.54 Å². The molecule has 1 aromatic carbocycles. The van der Waals surface area contributed by atoms with Crippen molar-refractivity contribution in [3.8, 4) is 0 Å². The Morgan fingerprint density at radius 2 is 2.00 bits per heavy atom. The number of rotatable bonds is 3. The first-order valence-electron chi connectivity index (χ1n) is 6.24. The Kier molecular flexibility index (Phi) is 3.59. The van der Waals surface area contributed by atoms with Gasteiger partial charge in [-0.2, -0.15) is 0 Å². The van der Waals surface area contributed by atoms with Crippen LogP contribution in [0.3, 0.4) is 0 Å². The molecule has 0 spiro atoms. The van der Waals surface area contributed by atoms with E-state index in [-0.39, 0.29) is 11.4 Å². The second-order valence-corrected chi connectivity index (χ2v) is 4.82. The summed E-state index contributed by atoms with van der Waals surface area (Å²) in [5, 5.41) is 3.65. The van der Waals surface area contributed by atoms with Crippen molar-refractivity contribution in [3.05, 3.63) is 35.6 Å². The first-order valence-corrected chi connectivity index (χ1v) is 6.24. The number of piperidine rings is 1. The molecule has 1 N–H and O–H groups in total. The Morgan fingerprint density at radius 1 is 1.25 bits per heavy atom. The van der Waals surface area contributed by atoms with Crippen molar-refractivity contribution < 1.29 is 4.39 Å². The van der Waals surface area contributed by atoms with Crippen molar-refractivity contribution >= 4 is 0 Å². The highest BCUT2D eigenvalue weighted by molar-refractivity contribution is 5.19. The van der Waals surface area contributed by atoms with Crippen molar-refractivity contribution in [3.63, 3.8) is 0 Å². The van der Waals surface area contributed by atoms with Crippen LogP contribution in [0.25, 0.3) is 0 Å². The van der Waals surface area contributed by atoms with Gasteiger partial charge in [0.15, 0.2) is 0 Å². The molecule has 1 atom stereocenters. The van der Waals surface area contributed by atoms with Gasteiger partial charge in [0.05, 0.1) is 0 Å². The van der Waals surface area contributed by atoms with Crippen molar-refractivity contribution in [2.24, 2.45) is 0 Å². The van der Waals surface area contributed by atoms with E-state index in [4.69, 9.17) is 0 Å². The summed E-state index contributed by atoms with van der Waals surface area (Å²) >= 11 is 0. The molecule has 0 saturated carbocycles. The van der Waals surface area contributed by atoms with E-state index >= 15 is 0 Å². The second kappa shape index (κ2) is 4.96. The van der Waals surface area contributed by atoms with Crippen LogP contribution in [0.15, 0.2) is 24.3 Å². The summed E-state index contributed by atoms with van der Waals surface area (Å²) in [6, 6.07) is 6.93. The van der Waals surface area contributed by atoms with Crippen LogP contribution in [0.5, 0.6) is 0 Å². The first kappa shape index (κ1) is 11.6. The molecule has 1 fully saturated rings. The third-order valence-electron chi connectivity index (χ3n) is 3.71. The number of nitrogens with one attached hydrogen (secondary N) is 1. The Morgan fingerprint density at radius 3 is 2.56 bits per heavy atom. The largest absolute Gasteiger partial charge is 0.311 e. The molecule has 1 aliphatic heterocycles. The highest BCUT2D eigenvalue weighted by Gasteiger charge is 2.29. The summed E-state index contributed by atoms with van der Waals surface area (Å²) in [6.45, 7) is 3.36. The lowest BCUT2D eigenvalue weighted by Gasteiger charge is -2.38. The van der Waals surface area contributed by atoms with Gasteiger partial charge < -0.3 is 5.32 Å². The molecule has 0 aromatic heterocycles. The monoisotopic (exact) mass is 221 g/mol. The highest BCUT2D eigenvalue weighted by Crippen LogP contribution is 2.26. The minimum absolute atomic E-state index is 0.147. The molecule has 2 heteroatoms. The molecule has 0 radical (unpaired) electrons. The van der Waals surface area contributed by atoms with E-state index in [1.807, 2.05) is 12.1 Å². The van der Waals surface area contributed by atoms with Gasteiger partial charge in [-0.05, 0) is 49.9 Å². The quantitative estimate of drug-likeness (QED) is 0.826. The fraction of sp³-hybridized carbons (Fsp3) is 0.571. The van der Waals surface area contributed by atoms with Gasteiger partial charge in [-0.1, -0.05) is 25.5 Å². The number of hydrogen-bond donors (Lipinski definition) is 1. The molecule has 1 heterocycles. The zero-order valence-electron chi connectivity index (χ0n) is 9.93. The van der Waals surface area contributed by atoms with E-state index in [1.165, 1.54) is 24.8 Å². The summed E-state index contributed by atoms with van der Waals surface area (Å²) in [7, 11) is 0. The van der Waals surface area contributed by atoms with Crippen LogP contribution in [0, 0.1) is 5.82 Å². The van der Waals surface area contributed by atoms with Crippen LogP contribution in [0.4, 0.5) is 4.39 Å². The number of hydrogen-bond acceptors (Lipinski definition) is 1. The molecule has 0 aliphatic carbocycles. The summed E-state index contributed by atoms with van der Waals surface area (Å²) < 4.78 is 12.8. The van der Waals surface area contributed by atoms with Gasteiger partial charge in [-0.15, -0.1) is 0 Å². The molecule has 1 aliphatic rings. The van der Waals surface area contributed by atoms with Gasteiger partial charge in [0, 0.05) is 5.54 Å². The molecule has 0 bridgehead atoms. The summed E-state index contributed by atoms with van der Waals surface area (Å²) in [5.74, 6) is -0.147. The van der Waals surface area contributed by atoms with Gasteiger partial charge >= 0.3 is 0 Å². The van der Waals surface area contributed by atoms with Crippen LogP contribution < -0.4 is 5.32 Å². The molecular formula is C14H20FN. The Labute approximate surface area is 97.1 Å². The van der Waals surface area contributed by atoms with Gasteiger partial charge in [0.1, 0.15) is 5.82 Å². The minimum atomic E-state index is -0.147. The van der Waals surface area contributed by atoms with Crippen molar-refractivity contribution in [1.82, 2.24) is 5.32 Å². The summed E-state index contributed by atoms with van der Waals surface area (Å²) in [6.07, 6.45) is 5.99. The standard InChI is InChI=1S/C14H20FN/c1-2-14(9-3-4-10-16-14)11-12-5-7-13(15)8-6-12/h5-8,16H,2-4,9-11H2,1H3. The van der Waals surface area contributed by atoms with E-state index in [9.17, 15) is 4.39 Å². The maximum absolute atomic E-state index is 12.8. The normalized spacial score (nSPS) is 25.6. The van der Waals surface area contributed by atoms with Crippen molar-refractivity contribution in [2.45, 2.75) is 44.6 Å². The van der Waals surface area contributed by atoms with E-state index < -0.39 is 0 Å². The smallest absolute Gasteiger partial charge is 0.123 e. The fourth-order valence-corrected chi connectivity index (χ4v) is 2.60. The van der Waals surface area contributed by atoms with Gasteiger partial charge in [0.25, 0.3) is 0 Å². The molecule has 1 saturated heterocycles. The maximum Gasteiger partial charge on any atom is 0.123 e. The van der Waals surface area contributed by atoms with Gasteiger partial charge in [0.2, 0.25) is 0 Å². The third-order valence-corrected chi connectivity index (χ3v) is 3.71. The molecule has 1 nitrogen and oxygen atoms in total. The molecule has 88 valence electrons. The van der Waals surface area contributed by atoms with Crippen LogP contribution in [-0.4, -0.2) is 12.1 Å². The lowest BCUT2D eigenvalue weighted by molar-refractivity contribution is 0.243. The maximum atomic E-state index is 12.8. The Hall–Kier alpha value is -0.890. The van der Waals surface area contributed by atoms with Gasteiger partial charge in [-0.25, -0.2) is 4.39 Å². The molecular weight excluding hydrogens is 201 g/mol. The predicted octanol–water partition coefficient (Wildman–Crippen LogP) is 3.29. The van der Waals surface area contributed by atoms with Crippen LogP contribution in [-0.2, 0) is 6.42 Å². The number of halogens is 1. The zero-order chi connectivity index (χ0) is 11.4. The second-order valence-electron chi connectivity index (χ2n) is 4.82. The molecule has 1 unspecified atom stereocenters. The average Bonchev–Trinajstić information content (AvgIpc) is 2.33. The topological polar surface area (TPSA) is 12.0 Å². The Bertz CT molecular complexity index is 325. The van der Waals surface area contributed by atoms with E-state index in [1.54, 1.807) is 12.1 Å². The molecule has 2 rings (SSSR count). The van der Waals surface area contributed by atoms with E-state index in [2.05, 4.69) is 12.2 Å². The summed E-state index contributed by atoms with van der Waals surface area (Å²) in [4.78, 5) is 0. The minimum Gasteiger partial charge on any atom is -0.311 e. The van der Waals surface area contributed by atoms with E-state index in [0.717, 1.165) is 19.4 Å². The van der Waals surface area contributed by atoms with E-state index in [0.29, 0.717) is 0 Å².